The highest BCUT2D eigenvalue weighted by atomic mass is 19.4. The van der Waals surface area contributed by atoms with Gasteiger partial charge in [-0.3, -0.25) is 14.6 Å². The van der Waals surface area contributed by atoms with Gasteiger partial charge >= 0.3 is 6.18 Å². The van der Waals surface area contributed by atoms with E-state index in [0.717, 1.165) is 15.4 Å². The SMILES string of the molecule is COCc1cc(=O)n2[nH]c(-c3cnn(C)c3C(F)(F)F)cc2n1. The highest BCUT2D eigenvalue weighted by Gasteiger charge is 2.38. The lowest BCUT2D eigenvalue weighted by molar-refractivity contribution is -0.143. The van der Waals surface area contributed by atoms with E-state index in [1.54, 1.807) is 0 Å². The maximum absolute atomic E-state index is 13.2. The molecule has 0 aliphatic rings. The Morgan fingerprint density at radius 1 is 1.35 bits per heavy atom. The van der Waals surface area contributed by atoms with Gasteiger partial charge in [-0.15, -0.1) is 0 Å². The van der Waals surface area contributed by atoms with Crippen LogP contribution in [0.4, 0.5) is 13.2 Å². The van der Waals surface area contributed by atoms with Crippen LogP contribution in [0.3, 0.4) is 0 Å². The molecule has 3 heterocycles. The number of methoxy groups -OCH3 is 1. The van der Waals surface area contributed by atoms with Gasteiger partial charge in [-0.2, -0.15) is 18.3 Å². The van der Waals surface area contributed by atoms with Crippen LogP contribution in [0.2, 0.25) is 0 Å². The summed E-state index contributed by atoms with van der Waals surface area (Å²) < 4.78 is 46.2. The summed E-state index contributed by atoms with van der Waals surface area (Å²) in [7, 11) is 2.66. The second-order valence-electron chi connectivity index (χ2n) is 4.91. The van der Waals surface area contributed by atoms with Crippen LogP contribution >= 0.6 is 0 Å². The number of aromatic amines is 1. The Kier molecular flexibility index (Phi) is 3.48. The van der Waals surface area contributed by atoms with Gasteiger partial charge in [0.15, 0.2) is 11.3 Å². The molecular formula is C13H12F3N5O2. The summed E-state index contributed by atoms with van der Waals surface area (Å²) in [4.78, 5) is 16.2. The van der Waals surface area contributed by atoms with E-state index in [1.807, 2.05) is 0 Å². The fourth-order valence-corrected chi connectivity index (χ4v) is 2.37. The van der Waals surface area contributed by atoms with Gasteiger partial charge < -0.3 is 4.74 Å². The van der Waals surface area contributed by atoms with Crippen molar-refractivity contribution in [2.45, 2.75) is 12.8 Å². The summed E-state index contributed by atoms with van der Waals surface area (Å²) in [5.74, 6) is 0. The molecule has 7 nitrogen and oxygen atoms in total. The highest BCUT2D eigenvalue weighted by Crippen LogP contribution is 2.36. The van der Waals surface area contributed by atoms with Gasteiger partial charge in [-0.05, 0) is 0 Å². The minimum Gasteiger partial charge on any atom is -0.378 e. The number of ether oxygens (including phenoxy) is 1. The number of aryl methyl sites for hydroxylation is 1. The molecule has 0 unspecified atom stereocenters. The molecule has 0 saturated heterocycles. The number of alkyl halides is 3. The zero-order chi connectivity index (χ0) is 16.8. The van der Waals surface area contributed by atoms with E-state index in [-0.39, 0.29) is 23.5 Å². The average molecular weight is 327 g/mol. The largest absolute Gasteiger partial charge is 0.433 e. The van der Waals surface area contributed by atoms with Crippen molar-refractivity contribution in [3.05, 3.63) is 40.1 Å². The molecule has 0 aromatic carbocycles. The van der Waals surface area contributed by atoms with Gasteiger partial charge in [-0.25, -0.2) is 9.50 Å². The molecule has 0 bridgehead atoms. The molecule has 10 heteroatoms. The topological polar surface area (TPSA) is 77.2 Å². The minimum absolute atomic E-state index is 0.101. The zero-order valence-electron chi connectivity index (χ0n) is 12.2. The fraction of sp³-hybridized carbons (Fsp3) is 0.308. The third-order valence-corrected chi connectivity index (χ3v) is 3.29. The average Bonchev–Trinajstić information content (AvgIpc) is 3.02. The van der Waals surface area contributed by atoms with Crippen LogP contribution in [0.1, 0.15) is 11.4 Å². The van der Waals surface area contributed by atoms with Gasteiger partial charge in [0.2, 0.25) is 0 Å². The van der Waals surface area contributed by atoms with Crippen molar-refractivity contribution >= 4 is 5.65 Å². The predicted octanol–water partition coefficient (Wildman–Crippen LogP) is 1.59. The molecule has 3 rings (SSSR count). The first-order valence-corrected chi connectivity index (χ1v) is 6.51. The molecule has 0 saturated carbocycles. The predicted molar refractivity (Wildman–Crippen MR) is 73.7 cm³/mol. The Morgan fingerprint density at radius 2 is 2.09 bits per heavy atom. The summed E-state index contributed by atoms with van der Waals surface area (Å²) >= 11 is 0. The molecule has 0 fully saturated rings. The molecule has 1 N–H and O–H groups in total. The Morgan fingerprint density at radius 3 is 2.74 bits per heavy atom. The maximum Gasteiger partial charge on any atom is 0.433 e. The van der Waals surface area contributed by atoms with Crippen LogP contribution in [0, 0.1) is 0 Å². The first-order valence-electron chi connectivity index (χ1n) is 6.51. The number of halogens is 3. The van der Waals surface area contributed by atoms with Crippen LogP contribution in [0.25, 0.3) is 16.9 Å². The van der Waals surface area contributed by atoms with Gasteiger partial charge in [0.1, 0.15) is 0 Å². The summed E-state index contributed by atoms with van der Waals surface area (Å²) in [5.41, 5.74) is -0.801. The van der Waals surface area contributed by atoms with Crippen LogP contribution < -0.4 is 5.56 Å². The molecule has 0 aliphatic heterocycles. The monoisotopic (exact) mass is 327 g/mol. The molecule has 3 aromatic heterocycles. The van der Waals surface area contributed by atoms with Crippen molar-refractivity contribution in [3.8, 4) is 11.3 Å². The maximum atomic E-state index is 13.2. The number of nitrogens with one attached hydrogen (secondary N) is 1. The number of rotatable bonds is 3. The van der Waals surface area contributed by atoms with Gasteiger partial charge in [0.05, 0.1) is 29.8 Å². The number of hydrogen-bond acceptors (Lipinski definition) is 4. The van der Waals surface area contributed by atoms with E-state index in [9.17, 15) is 18.0 Å². The van der Waals surface area contributed by atoms with E-state index >= 15 is 0 Å². The summed E-state index contributed by atoms with van der Waals surface area (Å²) in [6.07, 6.45) is -3.48. The minimum atomic E-state index is -4.57. The molecule has 122 valence electrons. The second-order valence-corrected chi connectivity index (χ2v) is 4.91. The van der Waals surface area contributed by atoms with Crippen molar-refractivity contribution in [3.63, 3.8) is 0 Å². The molecule has 0 aliphatic carbocycles. The zero-order valence-corrected chi connectivity index (χ0v) is 12.2. The normalized spacial score (nSPS) is 12.2. The summed E-state index contributed by atoms with van der Waals surface area (Å²) in [6, 6.07) is 2.62. The molecule has 0 amide bonds. The van der Waals surface area contributed by atoms with Crippen molar-refractivity contribution in [2.75, 3.05) is 7.11 Å². The quantitative estimate of drug-likeness (QED) is 0.792. The molecule has 23 heavy (non-hydrogen) atoms. The Balaban J connectivity index is 2.19. The third kappa shape index (κ3) is 2.61. The Labute approximate surface area is 127 Å². The van der Waals surface area contributed by atoms with E-state index < -0.39 is 17.4 Å². The van der Waals surface area contributed by atoms with Gasteiger partial charge in [0.25, 0.3) is 5.56 Å². The first-order chi connectivity index (χ1) is 10.8. The van der Waals surface area contributed by atoms with E-state index in [1.165, 1.54) is 26.3 Å². The molecular weight excluding hydrogens is 315 g/mol. The standard InChI is InChI=1S/C13H12F3N5O2/c1-20-12(13(14,15)16)8(5-17-20)9-4-10-18-7(6-23-2)3-11(22)21(10)19-9/h3-5,19H,6H2,1-2H3. The van der Waals surface area contributed by atoms with Crippen LogP contribution in [0.5, 0.6) is 0 Å². The number of nitrogens with zero attached hydrogens (tertiary/aromatic N) is 4. The molecule has 0 atom stereocenters. The number of aromatic nitrogens is 5. The molecule has 0 radical (unpaired) electrons. The Hall–Kier alpha value is -2.62. The summed E-state index contributed by atoms with van der Waals surface area (Å²) in [5, 5.41) is 6.27. The smallest absolute Gasteiger partial charge is 0.378 e. The van der Waals surface area contributed by atoms with E-state index in [4.69, 9.17) is 4.74 Å². The van der Waals surface area contributed by atoms with E-state index in [2.05, 4.69) is 15.2 Å². The van der Waals surface area contributed by atoms with Crippen LogP contribution in [-0.2, 0) is 24.6 Å². The van der Waals surface area contributed by atoms with Gasteiger partial charge in [0, 0.05) is 26.3 Å². The lowest BCUT2D eigenvalue weighted by Gasteiger charge is -2.08. The van der Waals surface area contributed by atoms with E-state index in [0.29, 0.717) is 5.69 Å². The van der Waals surface area contributed by atoms with Crippen molar-refractivity contribution in [1.29, 1.82) is 0 Å². The van der Waals surface area contributed by atoms with Crippen molar-refractivity contribution in [1.82, 2.24) is 24.4 Å². The van der Waals surface area contributed by atoms with Crippen molar-refractivity contribution in [2.24, 2.45) is 7.05 Å². The first kappa shape index (κ1) is 15.3. The number of H-pyrrole nitrogens is 1. The highest BCUT2D eigenvalue weighted by molar-refractivity contribution is 5.66. The second kappa shape index (κ2) is 5.23. The lowest BCUT2D eigenvalue weighted by atomic mass is 10.2. The van der Waals surface area contributed by atoms with Gasteiger partial charge in [-0.1, -0.05) is 0 Å². The fourth-order valence-electron chi connectivity index (χ4n) is 2.37. The van der Waals surface area contributed by atoms with Crippen LogP contribution in [-0.4, -0.2) is 31.5 Å². The molecule has 3 aromatic rings. The van der Waals surface area contributed by atoms with Crippen molar-refractivity contribution < 1.29 is 17.9 Å². The number of hydrogen-bond donors (Lipinski definition) is 1. The van der Waals surface area contributed by atoms with Crippen LogP contribution in [0.15, 0.2) is 23.1 Å². The lowest BCUT2D eigenvalue weighted by Crippen LogP contribution is -2.16. The molecule has 0 spiro atoms. The third-order valence-electron chi connectivity index (χ3n) is 3.29. The number of fused-ring (bicyclic) bond motifs is 1. The summed E-state index contributed by atoms with van der Waals surface area (Å²) in [6.45, 7) is 0.132. The Bertz CT molecular complexity index is 922.